The van der Waals surface area contributed by atoms with Gasteiger partial charge in [-0.3, -0.25) is 14.4 Å². The van der Waals surface area contributed by atoms with E-state index in [0.29, 0.717) is 36.4 Å². The lowest BCUT2D eigenvalue weighted by molar-refractivity contribution is -0.120. The number of amides is 2. The van der Waals surface area contributed by atoms with Crippen LogP contribution in [0.1, 0.15) is 40.5 Å². The summed E-state index contributed by atoms with van der Waals surface area (Å²) in [6, 6.07) is 0. The molecule has 1 saturated heterocycles. The zero-order chi connectivity index (χ0) is 30.4. The molecule has 1 aliphatic carbocycles. The van der Waals surface area contributed by atoms with Gasteiger partial charge in [-0.05, 0) is 38.2 Å². The summed E-state index contributed by atoms with van der Waals surface area (Å²) in [6.07, 6.45) is 4.11. The van der Waals surface area contributed by atoms with E-state index in [-0.39, 0.29) is 29.4 Å². The number of ether oxygens (including phenoxy) is 3. The number of fused-ring (bicyclic) bond motifs is 2. The summed E-state index contributed by atoms with van der Waals surface area (Å²) in [5.41, 5.74) is 6.85. The van der Waals surface area contributed by atoms with Crippen LogP contribution >= 0.6 is 0 Å². The number of hydrogen-bond acceptors (Lipinski definition) is 9. The molecular formula is C30H41N3O8. The first-order valence-corrected chi connectivity index (χ1v) is 13.7. The second kappa shape index (κ2) is 13.9. The maximum absolute atomic E-state index is 13.6. The van der Waals surface area contributed by atoms with Crippen LogP contribution in [0, 0.1) is 11.8 Å². The van der Waals surface area contributed by atoms with Crippen LogP contribution in [-0.4, -0.2) is 85.3 Å². The quantitative estimate of drug-likeness (QED) is 0.261. The van der Waals surface area contributed by atoms with Crippen LogP contribution in [0.3, 0.4) is 0 Å². The Hall–Kier alpha value is -3.54. The molecule has 2 aliphatic heterocycles. The number of nitrogens with zero attached hydrogens (tertiary/aromatic N) is 1. The van der Waals surface area contributed by atoms with Crippen molar-refractivity contribution in [3.05, 3.63) is 58.5 Å². The monoisotopic (exact) mass is 571 g/mol. The molecule has 2 amide bonds. The van der Waals surface area contributed by atoms with Gasteiger partial charge in [0.05, 0.1) is 23.6 Å². The predicted octanol–water partition coefficient (Wildman–Crippen LogP) is 2.08. The van der Waals surface area contributed by atoms with Gasteiger partial charge in [0.15, 0.2) is 6.10 Å². The largest absolute Gasteiger partial charge is 0.439 e. The van der Waals surface area contributed by atoms with Gasteiger partial charge in [0.2, 0.25) is 11.6 Å². The summed E-state index contributed by atoms with van der Waals surface area (Å²) in [6.45, 7) is 8.42. The van der Waals surface area contributed by atoms with Crippen LogP contribution in [-0.2, 0) is 28.6 Å². The first-order chi connectivity index (χ1) is 19.4. The molecule has 3 rings (SSSR count). The minimum Gasteiger partial charge on any atom is -0.439 e. The summed E-state index contributed by atoms with van der Waals surface area (Å²) in [5, 5.41) is 13.8. The number of allylic oxidation sites excluding steroid dienone is 4. The lowest BCUT2D eigenvalue weighted by Crippen LogP contribution is -2.37. The highest BCUT2D eigenvalue weighted by Crippen LogP contribution is 2.32. The third kappa shape index (κ3) is 8.02. The van der Waals surface area contributed by atoms with E-state index in [1.807, 2.05) is 18.7 Å². The van der Waals surface area contributed by atoms with Crippen molar-refractivity contribution in [3.8, 4) is 0 Å². The van der Waals surface area contributed by atoms with E-state index in [1.165, 1.54) is 26.4 Å². The molecule has 0 aromatic heterocycles. The van der Waals surface area contributed by atoms with Gasteiger partial charge in [-0.25, -0.2) is 4.79 Å². The van der Waals surface area contributed by atoms with Crippen molar-refractivity contribution < 1.29 is 38.5 Å². The first-order valence-electron chi connectivity index (χ1n) is 13.7. The Morgan fingerprint density at radius 3 is 2.39 bits per heavy atom. The van der Waals surface area contributed by atoms with E-state index in [9.17, 15) is 24.3 Å². The van der Waals surface area contributed by atoms with E-state index in [2.05, 4.69) is 5.32 Å². The fourth-order valence-corrected chi connectivity index (χ4v) is 5.19. The smallest absolute Gasteiger partial charge is 0.405 e. The molecule has 4 N–H and O–H groups in total. The molecule has 224 valence electrons. The fraction of sp³-hybridized carbons (Fsp3) is 0.533. The summed E-state index contributed by atoms with van der Waals surface area (Å²) >= 11 is 0. The van der Waals surface area contributed by atoms with Crippen molar-refractivity contribution in [2.45, 2.75) is 65.0 Å². The van der Waals surface area contributed by atoms with E-state index in [0.717, 1.165) is 0 Å². The molecule has 1 fully saturated rings. The zero-order valence-corrected chi connectivity index (χ0v) is 24.5. The number of carbonyl (C=O) groups excluding carboxylic acids is 4. The van der Waals surface area contributed by atoms with Gasteiger partial charge in [0.1, 0.15) is 6.10 Å². The molecule has 0 unspecified atom stereocenters. The third-order valence-electron chi connectivity index (χ3n) is 7.53. The minimum absolute atomic E-state index is 0.0797. The Kier molecular flexibility index (Phi) is 10.8. The van der Waals surface area contributed by atoms with E-state index in [4.69, 9.17) is 19.9 Å². The second-order valence-corrected chi connectivity index (χ2v) is 10.9. The molecule has 0 saturated carbocycles. The van der Waals surface area contributed by atoms with Gasteiger partial charge < -0.3 is 35.3 Å². The Balaban J connectivity index is 2.06. The summed E-state index contributed by atoms with van der Waals surface area (Å²) in [4.78, 5) is 53.1. The molecule has 11 heteroatoms. The van der Waals surface area contributed by atoms with Crippen molar-refractivity contribution in [2.24, 2.45) is 17.6 Å². The van der Waals surface area contributed by atoms with Gasteiger partial charge >= 0.3 is 6.09 Å². The Morgan fingerprint density at radius 1 is 1.12 bits per heavy atom. The van der Waals surface area contributed by atoms with Gasteiger partial charge in [0.25, 0.3) is 5.91 Å². The zero-order valence-electron chi connectivity index (χ0n) is 24.5. The van der Waals surface area contributed by atoms with Gasteiger partial charge in [-0.15, -0.1) is 0 Å². The normalized spacial score (nSPS) is 33.7. The number of primary amides is 1. The second-order valence-electron chi connectivity index (χ2n) is 10.9. The van der Waals surface area contributed by atoms with Crippen LogP contribution in [0.25, 0.3) is 0 Å². The van der Waals surface area contributed by atoms with Crippen LogP contribution in [0.2, 0.25) is 0 Å². The summed E-state index contributed by atoms with van der Waals surface area (Å²) in [5.74, 6) is -1.85. The molecule has 2 bridgehead atoms. The average Bonchev–Trinajstić information content (AvgIpc) is 3.75. The SMILES string of the molecule is CO[C@H]1/C=C\C=C(/C)C(=O)NC2=CC(=O)C(N3CC3)=C(C[C@@H](C)C[C@H](OC)[C@H](O)[C@@H](C)/C=C(\C)[C@@H]1OC(N)=O)C2=O. The number of rotatable bonds is 4. The lowest BCUT2D eigenvalue weighted by atomic mass is 9.85. The molecule has 6 atom stereocenters. The molecular weight excluding hydrogens is 530 g/mol. The van der Waals surface area contributed by atoms with Crippen LogP contribution in [0.4, 0.5) is 4.79 Å². The highest BCUT2D eigenvalue weighted by Gasteiger charge is 2.37. The topological polar surface area (TPSA) is 157 Å². The molecule has 0 aromatic rings. The number of nitrogens with one attached hydrogen (secondary N) is 1. The highest BCUT2D eigenvalue weighted by atomic mass is 16.6. The summed E-state index contributed by atoms with van der Waals surface area (Å²) in [7, 11) is 2.94. The van der Waals surface area contributed by atoms with E-state index in [1.54, 1.807) is 32.1 Å². The lowest BCUT2D eigenvalue weighted by Gasteiger charge is -2.30. The molecule has 0 aromatic carbocycles. The van der Waals surface area contributed by atoms with Gasteiger partial charge in [-0.2, -0.15) is 0 Å². The molecule has 41 heavy (non-hydrogen) atoms. The van der Waals surface area contributed by atoms with Crippen molar-refractivity contribution in [2.75, 3.05) is 27.3 Å². The molecule has 3 aliphatic rings. The first kappa shape index (κ1) is 32.0. The molecule has 0 spiro atoms. The van der Waals surface area contributed by atoms with Crippen molar-refractivity contribution in [3.63, 3.8) is 0 Å². The maximum atomic E-state index is 13.6. The number of carbonyl (C=O) groups is 4. The molecule has 2 heterocycles. The fourth-order valence-electron chi connectivity index (χ4n) is 5.19. The van der Waals surface area contributed by atoms with Crippen LogP contribution in [0.15, 0.2) is 58.5 Å². The Morgan fingerprint density at radius 2 is 1.80 bits per heavy atom. The number of Topliss-reactive ketones (excluding diaryl/α,β-unsaturated/α-hetero) is 1. The van der Waals surface area contributed by atoms with Crippen LogP contribution < -0.4 is 11.1 Å². The molecule has 11 nitrogen and oxygen atoms in total. The Labute approximate surface area is 240 Å². The average molecular weight is 572 g/mol. The third-order valence-corrected chi connectivity index (χ3v) is 7.53. The predicted molar refractivity (Wildman–Crippen MR) is 151 cm³/mol. The van der Waals surface area contributed by atoms with Crippen molar-refractivity contribution in [1.82, 2.24) is 10.2 Å². The summed E-state index contributed by atoms with van der Waals surface area (Å²) < 4.78 is 16.6. The molecule has 0 radical (unpaired) electrons. The maximum Gasteiger partial charge on any atom is 0.405 e. The number of hydrogen-bond donors (Lipinski definition) is 3. The van der Waals surface area contributed by atoms with Gasteiger partial charge in [0, 0.05) is 50.4 Å². The number of ketones is 2. The van der Waals surface area contributed by atoms with E-state index < -0.39 is 48.1 Å². The number of aliphatic hydroxyl groups excluding tert-OH is 1. The van der Waals surface area contributed by atoms with E-state index >= 15 is 0 Å². The number of nitrogens with two attached hydrogens (primary N) is 1. The standard InChI is InChI=1S/C30H41N3O8/c1-16-12-20-25(33-10-11-33)22(34)15-21(27(20)36)32-29(37)17(2)8-7-9-23(39-5)28(41-30(31)38)19(4)14-18(3)26(35)24(13-16)40-6/h7-9,14-16,18,23-24,26,28,35H,10-13H2,1-6H3,(H2,31,38)(H,32,37)/b9-7-,17-8+,19-14+/t16-,18+,23+,24+,26-,28+/m1/s1. The van der Waals surface area contributed by atoms with Gasteiger partial charge in [-0.1, -0.05) is 38.2 Å². The number of aliphatic hydroxyl groups is 1. The van der Waals surface area contributed by atoms with Crippen molar-refractivity contribution >= 4 is 23.6 Å². The van der Waals surface area contributed by atoms with Crippen LogP contribution in [0.5, 0.6) is 0 Å². The number of methoxy groups -OCH3 is 2. The minimum atomic E-state index is -0.991. The van der Waals surface area contributed by atoms with Crippen molar-refractivity contribution in [1.29, 1.82) is 0 Å². The Bertz CT molecular complexity index is 1210. The highest BCUT2D eigenvalue weighted by molar-refractivity contribution is 6.23.